The summed E-state index contributed by atoms with van der Waals surface area (Å²) in [5.41, 5.74) is 7.88. The smallest absolute Gasteiger partial charge is 0.253 e. The molecule has 0 aliphatic carbocycles. The number of nitrogens with zero attached hydrogens (tertiary/aromatic N) is 2. The summed E-state index contributed by atoms with van der Waals surface area (Å²) < 4.78 is 14.3. The Balaban J connectivity index is 0.00000274. The number of carbonyl (C=O) groups excluding carboxylic acids is 2. The summed E-state index contributed by atoms with van der Waals surface area (Å²) >= 11 is 0. The van der Waals surface area contributed by atoms with Crippen LogP contribution in [-0.2, 0) is 5.60 Å². The van der Waals surface area contributed by atoms with Gasteiger partial charge in [-0.1, -0.05) is 19.1 Å². The number of rotatable bonds is 5. The van der Waals surface area contributed by atoms with E-state index in [2.05, 4.69) is 22.9 Å². The summed E-state index contributed by atoms with van der Waals surface area (Å²) in [6.45, 7) is 3.56. The fraction of sp³-hybridized carbons (Fsp3) is 0.308. The molecule has 0 atom stereocenters. The zero-order valence-corrected chi connectivity index (χ0v) is 18.6. The second-order valence-corrected chi connectivity index (χ2v) is 8.54. The van der Waals surface area contributed by atoms with Gasteiger partial charge in [0.1, 0.15) is 11.5 Å². The number of nitrogens with two attached hydrogens (primary N) is 1. The molecule has 3 heterocycles. The number of para-hydroxylation sites is 2. The number of likely N-dealkylation sites (tertiary alicyclic amines) is 1. The van der Waals surface area contributed by atoms with Crippen molar-refractivity contribution < 1.29 is 20.5 Å². The largest absolute Gasteiger partial charge is 0.493 e. The molecule has 5 rings (SSSR count). The van der Waals surface area contributed by atoms with Gasteiger partial charge in [-0.25, -0.2) is 0 Å². The van der Waals surface area contributed by atoms with Gasteiger partial charge in [-0.3, -0.25) is 9.59 Å². The Morgan fingerprint density at radius 3 is 2.67 bits per heavy atom. The van der Waals surface area contributed by atoms with Crippen molar-refractivity contribution in [3.8, 4) is 17.2 Å². The Labute approximate surface area is 194 Å². The van der Waals surface area contributed by atoms with Crippen LogP contribution in [0.1, 0.15) is 54.0 Å². The Morgan fingerprint density at radius 2 is 1.91 bits per heavy atom. The topological polar surface area (TPSA) is 86.8 Å². The monoisotopic (exact) mass is 447 g/mol. The quantitative estimate of drug-likeness (QED) is 0.637. The van der Waals surface area contributed by atoms with E-state index < -0.39 is 11.5 Å². The molecule has 1 saturated heterocycles. The highest BCUT2D eigenvalue weighted by Gasteiger charge is 2.44. The number of carbonyl (C=O) groups is 2. The van der Waals surface area contributed by atoms with Crippen LogP contribution in [0.25, 0.3) is 5.69 Å². The number of hydrogen-bond donors (Lipinski definition) is 1. The summed E-state index contributed by atoms with van der Waals surface area (Å²) in [6.07, 6.45) is 4.22. The van der Waals surface area contributed by atoms with E-state index in [9.17, 15) is 9.59 Å². The van der Waals surface area contributed by atoms with Crippen LogP contribution in [-0.4, -0.2) is 41.0 Å². The van der Waals surface area contributed by atoms with Crippen molar-refractivity contribution in [1.82, 2.24) is 9.47 Å². The lowest BCUT2D eigenvalue weighted by Crippen LogP contribution is -2.50. The molecule has 0 saturated carbocycles. The normalized spacial score (nSPS) is 16.0. The first-order valence-electron chi connectivity index (χ1n) is 11.3. The van der Waals surface area contributed by atoms with E-state index >= 15 is 0 Å². The Bertz CT molecular complexity index is 1210. The zero-order chi connectivity index (χ0) is 23.0. The van der Waals surface area contributed by atoms with Crippen molar-refractivity contribution in [2.24, 2.45) is 5.73 Å². The lowest BCUT2D eigenvalue weighted by molar-refractivity contribution is -0.00931. The van der Waals surface area contributed by atoms with Gasteiger partial charge >= 0.3 is 0 Å². The number of benzene rings is 2. The average molecular weight is 448 g/mol. The fourth-order valence-electron chi connectivity index (χ4n) is 4.77. The number of piperidine rings is 1. The molecule has 2 amide bonds. The maximum absolute atomic E-state index is 13.3. The van der Waals surface area contributed by atoms with Crippen LogP contribution in [0.3, 0.4) is 0 Å². The first-order valence-corrected chi connectivity index (χ1v) is 11.3. The molecular formula is C26H29N3O4. The zero-order valence-electron chi connectivity index (χ0n) is 18.6. The van der Waals surface area contributed by atoms with E-state index in [0.29, 0.717) is 43.9 Å². The van der Waals surface area contributed by atoms with Gasteiger partial charge in [0.25, 0.3) is 11.8 Å². The third-order valence-corrected chi connectivity index (χ3v) is 6.46. The summed E-state index contributed by atoms with van der Waals surface area (Å²) in [5, 5.41) is 0. The van der Waals surface area contributed by atoms with E-state index in [4.69, 9.17) is 15.2 Å². The van der Waals surface area contributed by atoms with E-state index in [0.717, 1.165) is 23.6 Å². The van der Waals surface area contributed by atoms with Crippen molar-refractivity contribution in [2.75, 3.05) is 19.7 Å². The molecule has 2 aromatic carbocycles. The minimum absolute atomic E-state index is 0. The standard InChI is InChI=1S/C26H27N3O4.H2/c1-2-16-32-21-10-9-18(17-19(21)24(27)30)25(31)28-14-11-26(12-15-28)23-8-5-13-29(23)20-6-3-4-7-22(20)33-26;/h3-10,13,17H,2,11-12,14-16H2,1H3,(H2,27,30);1H. The number of amides is 2. The van der Waals surface area contributed by atoms with Gasteiger partial charge in [0.2, 0.25) is 0 Å². The highest BCUT2D eigenvalue weighted by molar-refractivity contribution is 6.01. The maximum Gasteiger partial charge on any atom is 0.253 e. The predicted octanol–water partition coefficient (Wildman–Crippen LogP) is 4.13. The molecule has 1 spiro atoms. The van der Waals surface area contributed by atoms with E-state index in [1.807, 2.05) is 36.1 Å². The van der Waals surface area contributed by atoms with E-state index in [1.54, 1.807) is 18.2 Å². The van der Waals surface area contributed by atoms with Gasteiger partial charge < -0.3 is 24.7 Å². The molecule has 7 heteroatoms. The highest BCUT2D eigenvalue weighted by Crippen LogP contribution is 2.45. The first-order chi connectivity index (χ1) is 16.0. The molecule has 2 aliphatic rings. The minimum atomic E-state index is -0.608. The van der Waals surface area contributed by atoms with Crippen LogP contribution in [0.5, 0.6) is 11.5 Å². The van der Waals surface area contributed by atoms with Crippen molar-refractivity contribution in [3.05, 3.63) is 77.6 Å². The van der Waals surface area contributed by atoms with Gasteiger partial charge in [-0.05, 0) is 48.9 Å². The molecule has 33 heavy (non-hydrogen) atoms. The lowest BCUT2D eigenvalue weighted by atomic mass is 9.86. The maximum atomic E-state index is 13.3. The molecule has 2 N–H and O–H groups in total. The van der Waals surface area contributed by atoms with Crippen LogP contribution in [0, 0.1) is 0 Å². The van der Waals surface area contributed by atoms with Crippen LogP contribution in [0.15, 0.2) is 60.8 Å². The molecule has 0 bridgehead atoms. The number of ether oxygens (including phenoxy) is 2. The number of aromatic nitrogens is 1. The second-order valence-electron chi connectivity index (χ2n) is 8.54. The minimum Gasteiger partial charge on any atom is -0.493 e. The van der Waals surface area contributed by atoms with E-state index in [-0.39, 0.29) is 12.9 Å². The van der Waals surface area contributed by atoms with Crippen LogP contribution < -0.4 is 15.2 Å². The Hall–Kier alpha value is -3.74. The molecule has 1 aromatic heterocycles. The SMILES string of the molecule is CCCOc1ccc(C(=O)N2CCC3(CC2)Oc2ccccc2-n2cccc23)cc1C(N)=O.[HH]. The van der Waals surface area contributed by atoms with Gasteiger partial charge in [-0.2, -0.15) is 0 Å². The first kappa shape index (κ1) is 21.1. The van der Waals surface area contributed by atoms with Gasteiger partial charge in [0.15, 0.2) is 5.60 Å². The molecule has 7 nitrogen and oxygen atoms in total. The van der Waals surface area contributed by atoms with Crippen molar-refractivity contribution >= 4 is 11.8 Å². The summed E-state index contributed by atoms with van der Waals surface area (Å²) in [5.74, 6) is 0.535. The second kappa shape index (κ2) is 8.31. The van der Waals surface area contributed by atoms with Crippen molar-refractivity contribution in [3.63, 3.8) is 0 Å². The summed E-state index contributed by atoms with van der Waals surface area (Å²) in [7, 11) is 0. The Kier molecular flexibility index (Phi) is 5.32. The lowest BCUT2D eigenvalue weighted by Gasteiger charge is -2.45. The van der Waals surface area contributed by atoms with Gasteiger partial charge in [-0.15, -0.1) is 0 Å². The average Bonchev–Trinajstić information content (AvgIpc) is 3.34. The molecule has 1 fully saturated rings. The van der Waals surface area contributed by atoms with Crippen LogP contribution in [0.2, 0.25) is 0 Å². The Morgan fingerprint density at radius 1 is 1.12 bits per heavy atom. The van der Waals surface area contributed by atoms with Crippen LogP contribution in [0.4, 0.5) is 0 Å². The third kappa shape index (κ3) is 3.63. The molecule has 0 radical (unpaired) electrons. The molecule has 3 aromatic rings. The molecular weight excluding hydrogens is 418 g/mol. The number of primary amides is 1. The predicted molar refractivity (Wildman–Crippen MR) is 126 cm³/mol. The van der Waals surface area contributed by atoms with E-state index in [1.165, 1.54) is 0 Å². The van der Waals surface area contributed by atoms with Crippen molar-refractivity contribution in [1.29, 1.82) is 0 Å². The van der Waals surface area contributed by atoms with Gasteiger partial charge in [0, 0.05) is 39.1 Å². The van der Waals surface area contributed by atoms with Gasteiger partial charge in [0.05, 0.1) is 23.6 Å². The van der Waals surface area contributed by atoms with Crippen LogP contribution >= 0.6 is 0 Å². The molecule has 172 valence electrons. The summed E-state index contributed by atoms with van der Waals surface area (Å²) in [6, 6.07) is 17.0. The fourth-order valence-corrected chi connectivity index (χ4v) is 4.77. The molecule has 2 aliphatic heterocycles. The molecule has 0 unspecified atom stereocenters. The number of fused-ring (bicyclic) bond motifs is 4. The summed E-state index contributed by atoms with van der Waals surface area (Å²) in [4.78, 5) is 27.0. The van der Waals surface area contributed by atoms with Crippen molar-refractivity contribution in [2.45, 2.75) is 31.8 Å². The number of hydrogen-bond acceptors (Lipinski definition) is 4. The third-order valence-electron chi connectivity index (χ3n) is 6.46. The highest BCUT2D eigenvalue weighted by atomic mass is 16.5.